The Morgan fingerprint density at radius 3 is 3.00 bits per heavy atom. The van der Waals surface area contributed by atoms with Gasteiger partial charge in [0.05, 0.1) is 11.0 Å². The standard InChI is InChI=1S/C12H15N3O2/c1-2-3-4-13-12-14-8-5-10-11(17-7-16-10)6-9(8)15-12/h5-6H,2-4,7H2,1H3,(H2,13,14,15). The summed E-state index contributed by atoms with van der Waals surface area (Å²) >= 11 is 0. The number of nitrogens with zero attached hydrogens (tertiary/aromatic N) is 1. The maximum absolute atomic E-state index is 5.32. The quantitative estimate of drug-likeness (QED) is 0.796. The van der Waals surface area contributed by atoms with Crippen molar-refractivity contribution >= 4 is 17.0 Å². The number of aromatic nitrogens is 2. The highest BCUT2D eigenvalue weighted by molar-refractivity contribution is 5.81. The maximum atomic E-state index is 5.32. The topological polar surface area (TPSA) is 59.2 Å². The van der Waals surface area contributed by atoms with E-state index in [0.717, 1.165) is 41.4 Å². The molecule has 0 atom stereocenters. The number of unbranched alkanes of at least 4 members (excludes halogenated alkanes) is 1. The fourth-order valence-electron chi connectivity index (χ4n) is 1.87. The molecule has 1 aromatic carbocycles. The lowest BCUT2D eigenvalue weighted by Gasteiger charge is -1.98. The minimum Gasteiger partial charge on any atom is -0.454 e. The van der Waals surface area contributed by atoms with E-state index in [2.05, 4.69) is 22.2 Å². The van der Waals surface area contributed by atoms with Crippen molar-refractivity contribution in [1.29, 1.82) is 0 Å². The van der Waals surface area contributed by atoms with Crippen molar-refractivity contribution < 1.29 is 9.47 Å². The van der Waals surface area contributed by atoms with Crippen LogP contribution < -0.4 is 14.8 Å². The van der Waals surface area contributed by atoms with E-state index in [-0.39, 0.29) is 0 Å². The van der Waals surface area contributed by atoms with Crippen LogP contribution in [0.3, 0.4) is 0 Å². The first-order valence-corrected chi connectivity index (χ1v) is 5.90. The lowest BCUT2D eigenvalue weighted by molar-refractivity contribution is 0.174. The van der Waals surface area contributed by atoms with E-state index in [1.807, 2.05) is 12.1 Å². The molecular weight excluding hydrogens is 218 g/mol. The monoisotopic (exact) mass is 233 g/mol. The smallest absolute Gasteiger partial charge is 0.231 e. The van der Waals surface area contributed by atoms with Crippen LogP contribution in [0.25, 0.3) is 11.0 Å². The molecule has 0 amide bonds. The molecule has 1 aliphatic rings. The SMILES string of the molecule is CCCCNc1nc2cc3c(cc2[nH]1)OCO3. The maximum Gasteiger partial charge on any atom is 0.231 e. The summed E-state index contributed by atoms with van der Waals surface area (Å²) in [6.07, 6.45) is 2.31. The minimum atomic E-state index is 0.295. The number of aromatic amines is 1. The van der Waals surface area contributed by atoms with Crippen molar-refractivity contribution in [3.63, 3.8) is 0 Å². The minimum absolute atomic E-state index is 0.295. The highest BCUT2D eigenvalue weighted by Crippen LogP contribution is 2.35. The average molecular weight is 233 g/mol. The molecule has 1 aliphatic heterocycles. The van der Waals surface area contributed by atoms with Gasteiger partial charge < -0.3 is 19.8 Å². The number of rotatable bonds is 4. The summed E-state index contributed by atoms with van der Waals surface area (Å²) in [7, 11) is 0. The molecule has 2 heterocycles. The second kappa shape index (κ2) is 4.16. The van der Waals surface area contributed by atoms with Gasteiger partial charge in [-0.25, -0.2) is 4.98 Å². The van der Waals surface area contributed by atoms with Crippen molar-refractivity contribution in [3.05, 3.63) is 12.1 Å². The Balaban J connectivity index is 1.86. The molecule has 2 aromatic rings. The number of fused-ring (bicyclic) bond motifs is 2. The number of hydrogen-bond acceptors (Lipinski definition) is 4. The lowest BCUT2D eigenvalue weighted by atomic mass is 10.3. The number of ether oxygens (including phenoxy) is 2. The predicted molar refractivity (Wildman–Crippen MR) is 65.6 cm³/mol. The zero-order valence-electron chi connectivity index (χ0n) is 9.75. The summed E-state index contributed by atoms with van der Waals surface area (Å²) < 4.78 is 10.6. The molecule has 0 spiro atoms. The van der Waals surface area contributed by atoms with Crippen molar-refractivity contribution in [1.82, 2.24) is 9.97 Å². The van der Waals surface area contributed by atoms with Gasteiger partial charge in [-0.1, -0.05) is 13.3 Å². The number of anilines is 1. The molecule has 0 radical (unpaired) electrons. The summed E-state index contributed by atoms with van der Waals surface area (Å²) in [5.74, 6) is 2.35. The summed E-state index contributed by atoms with van der Waals surface area (Å²) in [5, 5.41) is 3.26. The first kappa shape index (κ1) is 10.3. The molecule has 0 bridgehead atoms. The van der Waals surface area contributed by atoms with Gasteiger partial charge in [0.1, 0.15) is 0 Å². The van der Waals surface area contributed by atoms with Crippen LogP contribution in [0.2, 0.25) is 0 Å². The average Bonchev–Trinajstić information content (AvgIpc) is 2.90. The van der Waals surface area contributed by atoms with Gasteiger partial charge in [-0.05, 0) is 6.42 Å². The highest BCUT2D eigenvalue weighted by atomic mass is 16.7. The summed E-state index contributed by atoms with van der Waals surface area (Å²) in [6, 6.07) is 3.83. The normalized spacial score (nSPS) is 13.2. The molecule has 90 valence electrons. The van der Waals surface area contributed by atoms with Gasteiger partial charge in [0, 0.05) is 18.7 Å². The molecule has 0 saturated heterocycles. The van der Waals surface area contributed by atoms with E-state index in [9.17, 15) is 0 Å². The molecule has 0 saturated carbocycles. The van der Waals surface area contributed by atoms with Crippen LogP contribution >= 0.6 is 0 Å². The third-order valence-corrected chi connectivity index (χ3v) is 2.80. The number of hydrogen-bond donors (Lipinski definition) is 2. The van der Waals surface area contributed by atoms with Gasteiger partial charge in [-0.3, -0.25) is 0 Å². The Hall–Kier alpha value is -1.91. The van der Waals surface area contributed by atoms with Crippen LogP contribution in [-0.4, -0.2) is 23.3 Å². The third-order valence-electron chi connectivity index (χ3n) is 2.80. The number of benzene rings is 1. The van der Waals surface area contributed by atoms with E-state index >= 15 is 0 Å². The van der Waals surface area contributed by atoms with Crippen LogP contribution in [0.5, 0.6) is 11.5 Å². The van der Waals surface area contributed by atoms with Gasteiger partial charge in [0.25, 0.3) is 0 Å². The molecule has 5 heteroatoms. The molecule has 3 rings (SSSR count). The van der Waals surface area contributed by atoms with Crippen molar-refractivity contribution in [2.24, 2.45) is 0 Å². The molecule has 5 nitrogen and oxygen atoms in total. The molecular formula is C12H15N3O2. The van der Waals surface area contributed by atoms with Crippen molar-refractivity contribution in [2.45, 2.75) is 19.8 Å². The largest absolute Gasteiger partial charge is 0.454 e. The van der Waals surface area contributed by atoms with E-state index < -0.39 is 0 Å². The number of nitrogens with one attached hydrogen (secondary N) is 2. The van der Waals surface area contributed by atoms with Crippen LogP contribution in [0, 0.1) is 0 Å². The third kappa shape index (κ3) is 1.88. The summed E-state index contributed by atoms with van der Waals surface area (Å²) in [4.78, 5) is 7.69. The highest BCUT2D eigenvalue weighted by Gasteiger charge is 2.15. The Labute approximate surface area is 99.1 Å². The second-order valence-corrected chi connectivity index (χ2v) is 4.09. The van der Waals surface area contributed by atoms with Gasteiger partial charge in [0.15, 0.2) is 11.5 Å². The van der Waals surface area contributed by atoms with Crippen LogP contribution in [0.15, 0.2) is 12.1 Å². The van der Waals surface area contributed by atoms with E-state index in [4.69, 9.17) is 9.47 Å². The Bertz CT molecular complexity index is 495. The molecule has 0 aliphatic carbocycles. The Morgan fingerprint density at radius 2 is 2.18 bits per heavy atom. The predicted octanol–water partition coefficient (Wildman–Crippen LogP) is 2.50. The van der Waals surface area contributed by atoms with E-state index in [1.165, 1.54) is 6.42 Å². The second-order valence-electron chi connectivity index (χ2n) is 4.09. The number of imidazole rings is 1. The molecule has 2 N–H and O–H groups in total. The van der Waals surface area contributed by atoms with Crippen molar-refractivity contribution in [2.75, 3.05) is 18.7 Å². The fourth-order valence-corrected chi connectivity index (χ4v) is 1.87. The first-order chi connectivity index (χ1) is 8.36. The van der Waals surface area contributed by atoms with Gasteiger partial charge in [0.2, 0.25) is 12.7 Å². The number of H-pyrrole nitrogens is 1. The van der Waals surface area contributed by atoms with Crippen LogP contribution in [0.4, 0.5) is 5.95 Å². The van der Waals surface area contributed by atoms with Crippen LogP contribution in [-0.2, 0) is 0 Å². The molecule has 0 fully saturated rings. The van der Waals surface area contributed by atoms with Gasteiger partial charge in [-0.2, -0.15) is 0 Å². The summed E-state index contributed by atoms with van der Waals surface area (Å²) in [5.41, 5.74) is 1.86. The Morgan fingerprint density at radius 1 is 1.35 bits per heavy atom. The van der Waals surface area contributed by atoms with Gasteiger partial charge in [-0.15, -0.1) is 0 Å². The summed E-state index contributed by atoms with van der Waals surface area (Å²) in [6.45, 7) is 3.39. The Kier molecular flexibility index (Phi) is 2.51. The fraction of sp³-hybridized carbons (Fsp3) is 0.417. The zero-order valence-corrected chi connectivity index (χ0v) is 9.75. The molecule has 17 heavy (non-hydrogen) atoms. The van der Waals surface area contributed by atoms with E-state index in [0.29, 0.717) is 6.79 Å². The molecule has 1 aromatic heterocycles. The van der Waals surface area contributed by atoms with Crippen LogP contribution in [0.1, 0.15) is 19.8 Å². The van der Waals surface area contributed by atoms with Crippen molar-refractivity contribution in [3.8, 4) is 11.5 Å². The molecule has 0 unspecified atom stereocenters. The zero-order chi connectivity index (χ0) is 11.7. The lowest BCUT2D eigenvalue weighted by Crippen LogP contribution is -2.01. The van der Waals surface area contributed by atoms with Gasteiger partial charge >= 0.3 is 0 Å². The first-order valence-electron chi connectivity index (χ1n) is 5.90. The van der Waals surface area contributed by atoms with E-state index in [1.54, 1.807) is 0 Å².